The highest BCUT2D eigenvalue weighted by atomic mass is 19.1. The molecule has 2 heterocycles. The van der Waals surface area contributed by atoms with Gasteiger partial charge >= 0.3 is 0 Å². The number of nitrogens with zero attached hydrogens (tertiary/aromatic N) is 3. The number of halogens is 1. The molecule has 0 unspecified atom stereocenters. The number of hydrogen-bond acceptors (Lipinski definition) is 3. The van der Waals surface area contributed by atoms with E-state index >= 15 is 0 Å². The van der Waals surface area contributed by atoms with E-state index in [1.54, 1.807) is 30.6 Å². The van der Waals surface area contributed by atoms with E-state index in [2.05, 4.69) is 10.1 Å². The second kappa shape index (κ2) is 5.36. The molecular weight excluding hydrogens is 267 g/mol. The molecule has 106 valence electrons. The number of rotatable bonds is 3. The summed E-state index contributed by atoms with van der Waals surface area (Å²) in [4.78, 5) is 4.18. The molecule has 0 bridgehead atoms. The van der Waals surface area contributed by atoms with Crippen LogP contribution in [0.1, 0.15) is 6.92 Å². The molecular formula is C16H15FN4. The lowest BCUT2D eigenvalue weighted by atomic mass is 10.0. The lowest BCUT2D eigenvalue weighted by molar-refractivity contribution is 0.631. The van der Waals surface area contributed by atoms with E-state index in [9.17, 15) is 4.39 Å². The summed E-state index contributed by atoms with van der Waals surface area (Å²) in [5.74, 6) is -0.000799. The zero-order chi connectivity index (χ0) is 14.8. The second-order valence-electron chi connectivity index (χ2n) is 4.72. The van der Waals surface area contributed by atoms with E-state index in [1.165, 1.54) is 6.07 Å². The summed E-state index contributed by atoms with van der Waals surface area (Å²) in [7, 11) is 0. The summed E-state index contributed by atoms with van der Waals surface area (Å²) >= 11 is 0. The highest BCUT2D eigenvalue weighted by Gasteiger charge is 2.11. The Morgan fingerprint density at radius 2 is 1.95 bits per heavy atom. The van der Waals surface area contributed by atoms with E-state index in [1.807, 2.05) is 23.9 Å². The molecule has 0 amide bonds. The molecule has 0 fully saturated rings. The number of benzene rings is 1. The Kier molecular flexibility index (Phi) is 3.39. The number of anilines is 1. The highest BCUT2D eigenvalue weighted by Crippen LogP contribution is 2.30. The molecule has 0 aliphatic rings. The minimum atomic E-state index is -0.313. The van der Waals surface area contributed by atoms with E-state index in [4.69, 9.17) is 5.73 Å². The van der Waals surface area contributed by atoms with Crippen LogP contribution in [0.25, 0.3) is 22.3 Å². The summed E-state index contributed by atoms with van der Waals surface area (Å²) in [5, 5.41) is 4.24. The third kappa shape index (κ3) is 2.50. The Hall–Kier alpha value is -2.69. The zero-order valence-corrected chi connectivity index (χ0v) is 11.6. The van der Waals surface area contributed by atoms with Crippen molar-refractivity contribution in [1.29, 1.82) is 0 Å². The molecule has 4 nitrogen and oxygen atoms in total. The van der Waals surface area contributed by atoms with Crippen LogP contribution < -0.4 is 5.73 Å². The van der Waals surface area contributed by atoms with Gasteiger partial charge in [0.1, 0.15) is 11.6 Å². The van der Waals surface area contributed by atoms with Crippen LogP contribution in [0.4, 0.5) is 10.2 Å². The maximum atomic E-state index is 13.9. The Bertz CT molecular complexity index is 779. The first kappa shape index (κ1) is 13.3. The predicted molar refractivity (Wildman–Crippen MR) is 80.9 cm³/mol. The largest absolute Gasteiger partial charge is 0.383 e. The lowest BCUT2D eigenvalue weighted by Gasteiger charge is -2.08. The first-order chi connectivity index (χ1) is 10.2. The Morgan fingerprint density at radius 1 is 1.14 bits per heavy atom. The van der Waals surface area contributed by atoms with Crippen molar-refractivity contribution in [2.75, 3.05) is 5.73 Å². The van der Waals surface area contributed by atoms with Crippen LogP contribution >= 0.6 is 0 Å². The summed E-state index contributed by atoms with van der Waals surface area (Å²) in [5.41, 5.74) is 8.74. The topological polar surface area (TPSA) is 56.7 Å². The molecule has 5 heteroatoms. The second-order valence-corrected chi connectivity index (χ2v) is 4.72. The summed E-state index contributed by atoms with van der Waals surface area (Å²) in [6, 6.07) is 8.38. The average Bonchev–Trinajstić information content (AvgIpc) is 2.98. The monoisotopic (exact) mass is 282 g/mol. The van der Waals surface area contributed by atoms with Crippen molar-refractivity contribution in [2.24, 2.45) is 0 Å². The first-order valence-corrected chi connectivity index (χ1v) is 6.72. The quantitative estimate of drug-likeness (QED) is 0.801. The van der Waals surface area contributed by atoms with Gasteiger partial charge in [0.15, 0.2) is 0 Å². The summed E-state index contributed by atoms with van der Waals surface area (Å²) < 4.78 is 15.8. The van der Waals surface area contributed by atoms with Gasteiger partial charge in [-0.15, -0.1) is 0 Å². The normalized spacial score (nSPS) is 10.8. The number of aromatic nitrogens is 3. The molecule has 0 saturated heterocycles. The molecule has 0 spiro atoms. The van der Waals surface area contributed by atoms with E-state index in [-0.39, 0.29) is 5.82 Å². The Labute approximate surface area is 122 Å². The van der Waals surface area contributed by atoms with E-state index in [0.717, 1.165) is 17.7 Å². The fourth-order valence-electron chi connectivity index (χ4n) is 2.21. The van der Waals surface area contributed by atoms with Crippen molar-refractivity contribution < 1.29 is 4.39 Å². The first-order valence-electron chi connectivity index (χ1n) is 6.72. The van der Waals surface area contributed by atoms with Gasteiger partial charge in [-0.3, -0.25) is 4.68 Å². The van der Waals surface area contributed by atoms with Gasteiger partial charge in [0.2, 0.25) is 0 Å². The molecule has 3 aromatic rings. The molecule has 0 radical (unpaired) electrons. The number of nitrogen functional groups attached to an aromatic ring is 1. The predicted octanol–water partition coefficient (Wildman–Crippen LogP) is 3.35. The van der Waals surface area contributed by atoms with Gasteiger partial charge in [0, 0.05) is 41.2 Å². The molecule has 0 saturated carbocycles. The number of pyridine rings is 1. The van der Waals surface area contributed by atoms with Crippen LogP contribution in [-0.4, -0.2) is 14.8 Å². The minimum absolute atomic E-state index is 0.312. The third-order valence-electron chi connectivity index (χ3n) is 3.37. The fraction of sp³-hybridized carbons (Fsp3) is 0.125. The van der Waals surface area contributed by atoms with Crippen LogP contribution in [0.2, 0.25) is 0 Å². The van der Waals surface area contributed by atoms with Crippen molar-refractivity contribution >= 4 is 5.82 Å². The molecule has 1 aromatic carbocycles. The Balaban J connectivity index is 2.10. The standard InChI is InChI=1S/C16H15FN4/c1-2-21-10-12(9-20-21)11-7-14(16(18)19-8-11)13-5-3-4-6-15(13)17/h3-10H,2H2,1H3,(H2,18,19). The van der Waals surface area contributed by atoms with Crippen molar-refractivity contribution in [3.8, 4) is 22.3 Å². The molecule has 2 aromatic heterocycles. The highest BCUT2D eigenvalue weighted by molar-refractivity contribution is 5.79. The van der Waals surface area contributed by atoms with Gasteiger partial charge in [-0.25, -0.2) is 9.37 Å². The van der Waals surface area contributed by atoms with E-state index in [0.29, 0.717) is 16.9 Å². The lowest BCUT2D eigenvalue weighted by Crippen LogP contribution is -1.96. The van der Waals surface area contributed by atoms with Crippen LogP contribution in [0.5, 0.6) is 0 Å². The number of aryl methyl sites for hydroxylation is 1. The van der Waals surface area contributed by atoms with Gasteiger partial charge in [0.25, 0.3) is 0 Å². The van der Waals surface area contributed by atoms with Crippen LogP contribution in [-0.2, 0) is 6.54 Å². The average molecular weight is 282 g/mol. The van der Waals surface area contributed by atoms with Crippen LogP contribution in [0, 0.1) is 5.82 Å². The minimum Gasteiger partial charge on any atom is -0.383 e. The molecule has 3 rings (SSSR count). The summed E-state index contributed by atoms with van der Waals surface area (Å²) in [6.45, 7) is 2.81. The van der Waals surface area contributed by atoms with Gasteiger partial charge < -0.3 is 5.73 Å². The van der Waals surface area contributed by atoms with Crippen LogP contribution in [0.15, 0.2) is 48.9 Å². The Morgan fingerprint density at radius 3 is 2.67 bits per heavy atom. The smallest absolute Gasteiger partial charge is 0.131 e. The summed E-state index contributed by atoms with van der Waals surface area (Å²) in [6.07, 6.45) is 5.37. The van der Waals surface area contributed by atoms with Gasteiger partial charge in [-0.2, -0.15) is 5.10 Å². The maximum absolute atomic E-state index is 13.9. The molecule has 2 N–H and O–H groups in total. The van der Waals surface area contributed by atoms with Gasteiger partial charge in [-0.05, 0) is 19.1 Å². The van der Waals surface area contributed by atoms with Gasteiger partial charge in [0.05, 0.1) is 6.20 Å². The van der Waals surface area contributed by atoms with Gasteiger partial charge in [-0.1, -0.05) is 18.2 Å². The molecule has 21 heavy (non-hydrogen) atoms. The maximum Gasteiger partial charge on any atom is 0.131 e. The van der Waals surface area contributed by atoms with Crippen molar-refractivity contribution in [3.63, 3.8) is 0 Å². The van der Waals surface area contributed by atoms with Crippen LogP contribution in [0.3, 0.4) is 0 Å². The van der Waals surface area contributed by atoms with Crippen molar-refractivity contribution in [2.45, 2.75) is 13.5 Å². The number of nitrogens with two attached hydrogens (primary N) is 1. The molecule has 0 aliphatic carbocycles. The molecule has 0 atom stereocenters. The zero-order valence-electron chi connectivity index (χ0n) is 11.6. The van der Waals surface area contributed by atoms with E-state index < -0.39 is 0 Å². The third-order valence-corrected chi connectivity index (χ3v) is 3.37. The SMILES string of the molecule is CCn1cc(-c2cnc(N)c(-c3ccccc3F)c2)cn1. The van der Waals surface area contributed by atoms with Crippen molar-refractivity contribution in [3.05, 3.63) is 54.7 Å². The molecule has 0 aliphatic heterocycles. The van der Waals surface area contributed by atoms with Crippen molar-refractivity contribution in [1.82, 2.24) is 14.8 Å². The number of hydrogen-bond donors (Lipinski definition) is 1. The fourth-order valence-corrected chi connectivity index (χ4v) is 2.21.